The van der Waals surface area contributed by atoms with Crippen molar-refractivity contribution in [3.63, 3.8) is 0 Å². The van der Waals surface area contributed by atoms with Crippen molar-refractivity contribution < 1.29 is 19.6 Å². The third-order valence-corrected chi connectivity index (χ3v) is 3.22. The maximum Gasteiger partial charge on any atom is 0.285 e. The molecule has 1 amide bonds. The van der Waals surface area contributed by atoms with Gasteiger partial charge in [0.15, 0.2) is 5.56 Å². The van der Waals surface area contributed by atoms with Gasteiger partial charge in [0.2, 0.25) is 0 Å². The number of aliphatic hydroxyl groups excluding tert-OH is 1. The minimum atomic E-state index is -0.584. The second-order valence-electron chi connectivity index (χ2n) is 4.60. The van der Waals surface area contributed by atoms with E-state index >= 15 is 0 Å². The lowest BCUT2D eigenvalue weighted by Gasteiger charge is -2.38. The van der Waals surface area contributed by atoms with Crippen LogP contribution < -0.4 is 4.74 Å². The van der Waals surface area contributed by atoms with Gasteiger partial charge in [0.05, 0.1) is 11.5 Å². The maximum atomic E-state index is 12.4. The molecule has 20 heavy (non-hydrogen) atoms. The van der Waals surface area contributed by atoms with Crippen LogP contribution in [0.5, 0.6) is 5.75 Å². The summed E-state index contributed by atoms with van der Waals surface area (Å²) in [6, 6.07) is 4.33. The Kier molecular flexibility index (Phi) is 4.19. The molecule has 0 unspecified atom stereocenters. The van der Waals surface area contributed by atoms with Crippen LogP contribution in [0.1, 0.15) is 17.3 Å². The Morgan fingerprint density at radius 2 is 2.25 bits per heavy atom. The first kappa shape index (κ1) is 14.3. The van der Waals surface area contributed by atoms with Crippen LogP contribution in [0.2, 0.25) is 0 Å². The van der Waals surface area contributed by atoms with Crippen molar-refractivity contribution in [3.05, 3.63) is 33.9 Å². The van der Waals surface area contributed by atoms with E-state index in [2.05, 4.69) is 0 Å². The van der Waals surface area contributed by atoms with Crippen molar-refractivity contribution in [3.8, 4) is 5.75 Å². The number of hydrogen-bond acceptors (Lipinski definition) is 5. The molecule has 1 heterocycles. The maximum absolute atomic E-state index is 12.4. The second-order valence-corrected chi connectivity index (χ2v) is 4.60. The highest BCUT2D eigenvalue weighted by molar-refractivity contribution is 6.01. The summed E-state index contributed by atoms with van der Waals surface area (Å²) < 4.78 is 5.32. The SMILES string of the molecule is CCOc1cccc([N+](=O)[O-])c1C(=O)N1CC(CO)C1. The third kappa shape index (κ3) is 2.57. The molecule has 2 rings (SSSR count). The number of carbonyl (C=O) groups excluding carboxylic acids is 1. The molecule has 1 aliphatic heterocycles. The first-order valence-corrected chi connectivity index (χ1v) is 6.38. The lowest BCUT2D eigenvalue weighted by atomic mass is 9.99. The number of hydrogen-bond donors (Lipinski definition) is 1. The molecular formula is C13H16N2O5. The van der Waals surface area contributed by atoms with Crippen LogP contribution in [0, 0.1) is 16.0 Å². The van der Waals surface area contributed by atoms with Crippen LogP contribution in [0.15, 0.2) is 18.2 Å². The van der Waals surface area contributed by atoms with Crippen LogP contribution in [-0.2, 0) is 0 Å². The molecule has 1 saturated heterocycles. The number of ether oxygens (including phenoxy) is 1. The highest BCUT2D eigenvalue weighted by atomic mass is 16.6. The average Bonchev–Trinajstić information content (AvgIpc) is 2.37. The zero-order valence-electron chi connectivity index (χ0n) is 11.1. The highest BCUT2D eigenvalue weighted by Gasteiger charge is 2.35. The molecule has 0 spiro atoms. The van der Waals surface area contributed by atoms with Crippen LogP contribution in [0.3, 0.4) is 0 Å². The Hall–Kier alpha value is -2.15. The number of nitro benzene ring substituents is 1. The monoisotopic (exact) mass is 280 g/mol. The Morgan fingerprint density at radius 3 is 2.80 bits per heavy atom. The summed E-state index contributed by atoms with van der Waals surface area (Å²) in [7, 11) is 0. The summed E-state index contributed by atoms with van der Waals surface area (Å²) in [5.74, 6) is -0.151. The van der Waals surface area contributed by atoms with Crippen molar-refractivity contribution in [1.29, 1.82) is 0 Å². The van der Waals surface area contributed by atoms with Crippen molar-refractivity contribution in [2.75, 3.05) is 26.3 Å². The van der Waals surface area contributed by atoms with Gasteiger partial charge >= 0.3 is 0 Å². The highest BCUT2D eigenvalue weighted by Crippen LogP contribution is 2.31. The molecular weight excluding hydrogens is 264 g/mol. The lowest BCUT2D eigenvalue weighted by molar-refractivity contribution is -0.385. The van der Waals surface area contributed by atoms with E-state index < -0.39 is 10.8 Å². The number of aliphatic hydroxyl groups is 1. The van der Waals surface area contributed by atoms with Gasteiger partial charge in [-0.1, -0.05) is 6.07 Å². The van der Waals surface area contributed by atoms with E-state index in [9.17, 15) is 14.9 Å². The standard InChI is InChI=1S/C13H16N2O5/c1-2-20-11-5-3-4-10(15(18)19)12(11)13(17)14-6-9(7-14)8-16/h3-5,9,16H,2,6-8H2,1H3. The Balaban J connectivity index is 2.32. The molecule has 0 atom stereocenters. The summed E-state index contributed by atoms with van der Waals surface area (Å²) in [6.45, 7) is 2.90. The van der Waals surface area contributed by atoms with E-state index in [1.807, 2.05) is 0 Å². The summed E-state index contributed by atoms with van der Waals surface area (Å²) in [4.78, 5) is 24.3. The fraction of sp³-hybridized carbons (Fsp3) is 0.462. The number of carbonyl (C=O) groups is 1. The van der Waals surface area contributed by atoms with Gasteiger partial charge in [-0.25, -0.2) is 0 Å². The molecule has 0 aliphatic carbocycles. The number of nitro groups is 1. The van der Waals surface area contributed by atoms with Gasteiger partial charge in [-0.2, -0.15) is 0 Å². The van der Waals surface area contributed by atoms with E-state index in [-0.39, 0.29) is 29.5 Å². The van der Waals surface area contributed by atoms with E-state index in [1.54, 1.807) is 13.0 Å². The molecule has 1 N–H and O–H groups in total. The van der Waals surface area contributed by atoms with Crippen molar-refractivity contribution in [2.24, 2.45) is 5.92 Å². The molecule has 7 heteroatoms. The number of amides is 1. The van der Waals surface area contributed by atoms with Gasteiger partial charge in [0.1, 0.15) is 5.75 Å². The number of benzene rings is 1. The van der Waals surface area contributed by atoms with Crippen molar-refractivity contribution >= 4 is 11.6 Å². The normalized spacial score (nSPS) is 14.8. The van der Waals surface area contributed by atoms with Gasteiger partial charge in [0, 0.05) is 31.7 Å². The second kappa shape index (κ2) is 5.87. The number of likely N-dealkylation sites (tertiary alicyclic amines) is 1. The van der Waals surface area contributed by atoms with Gasteiger partial charge in [-0.05, 0) is 13.0 Å². The van der Waals surface area contributed by atoms with Crippen LogP contribution in [0.4, 0.5) is 5.69 Å². The molecule has 0 bridgehead atoms. The predicted molar refractivity (Wildman–Crippen MR) is 70.7 cm³/mol. The molecule has 1 aliphatic rings. The van der Waals surface area contributed by atoms with Crippen molar-refractivity contribution in [1.82, 2.24) is 4.90 Å². The number of rotatable bonds is 5. The fourth-order valence-electron chi connectivity index (χ4n) is 2.17. The lowest BCUT2D eigenvalue weighted by Crippen LogP contribution is -2.51. The zero-order chi connectivity index (χ0) is 14.7. The Morgan fingerprint density at radius 1 is 1.55 bits per heavy atom. The first-order chi connectivity index (χ1) is 9.58. The van der Waals surface area contributed by atoms with E-state index in [0.29, 0.717) is 19.7 Å². The minimum Gasteiger partial charge on any atom is -0.493 e. The quantitative estimate of drug-likeness (QED) is 0.643. The van der Waals surface area contributed by atoms with Crippen LogP contribution in [0.25, 0.3) is 0 Å². The van der Waals surface area contributed by atoms with Crippen LogP contribution in [-0.4, -0.2) is 47.1 Å². The summed E-state index contributed by atoms with van der Waals surface area (Å²) in [6.07, 6.45) is 0. The summed E-state index contributed by atoms with van der Waals surface area (Å²) in [5.41, 5.74) is -0.274. The first-order valence-electron chi connectivity index (χ1n) is 6.38. The molecule has 0 aromatic heterocycles. The van der Waals surface area contributed by atoms with Crippen LogP contribution >= 0.6 is 0 Å². The molecule has 7 nitrogen and oxygen atoms in total. The van der Waals surface area contributed by atoms with E-state index in [1.165, 1.54) is 17.0 Å². The van der Waals surface area contributed by atoms with Crippen molar-refractivity contribution in [2.45, 2.75) is 6.92 Å². The average molecular weight is 280 g/mol. The molecule has 0 saturated carbocycles. The Labute approximate surface area is 115 Å². The molecule has 1 aromatic rings. The molecule has 0 radical (unpaired) electrons. The summed E-state index contributed by atoms with van der Waals surface area (Å²) >= 11 is 0. The van der Waals surface area contributed by atoms with E-state index in [0.717, 1.165) is 0 Å². The molecule has 1 aromatic carbocycles. The summed E-state index contributed by atoms with van der Waals surface area (Å²) in [5, 5.41) is 20.0. The fourth-order valence-corrected chi connectivity index (χ4v) is 2.17. The minimum absolute atomic E-state index is 0.0129. The predicted octanol–water partition coefficient (Wildman–Crippen LogP) is 1.06. The molecule has 1 fully saturated rings. The van der Waals surface area contributed by atoms with Gasteiger partial charge < -0.3 is 14.7 Å². The number of nitrogens with zero attached hydrogens (tertiary/aromatic N) is 2. The topological polar surface area (TPSA) is 92.9 Å². The smallest absolute Gasteiger partial charge is 0.285 e. The van der Waals surface area contributed by atoms with E-state index in [4.69, 9.17) is 9.84 Å². The van der Waals surface area contributed by atoms with Gasteiger partial charge in [-0.3, -0.25) is 14.9 Å². The zero-order valence-corrected chi connectivity index (χ0v) is 11.1. The van der Waals surface area contributed by atoms with Gasteiger partial charge in [0.25, 0.3) is 11.6 Å². The largest absolute Gasteiger partial charge is 0.493 e. The van der Waals surface area contributed by atoms with Gasteiger partial charge in [-0.15, -0.1) is 0 Å². The molecule has 108 valence electrons. The Bertz CT molecular complexity index is 525. The third-order valence-electron chi connectivity index (χ3n) is 3.22.